The zero-order chi connectivity index (χ0) is 14.5. The van der Waals surface area contributed by atoms with Crippen LogP contribution in [0.25, 0.3) is 0 Å². The van der Waals surface area contributed by atoms with Crippen molar-refractivity contribution >= 4 is 11.6 Å². The summed E-state index contributed by atoms with van der Waals surface area (Å²) in [4.78, 5) is 8.20. The standard InChI is InChI=1S/C14H14ClFN2O2/c1-3-19-8-13-17-12(15)7-14(18-13)20-11-6-10(16)5-4-9(11)2/h4-7H,3,8H2,1-2H3. The lowest BCUT2D eigenvalue weighted by molar-refractivity contribution is 0.128. The lowest BCUT2D eigenvalue weighted by Gasteiger charge is -2.09. The van der Waals surface area contributed by atoms with E-state index in [-0.39, 0.29) is 23.5 Å². The molecule has 0 fully saturated rings. The quantitative estimate of drug-likeness (QED) is 0.785. The van der Waals surface area contributed by atoms with E-state index in [0.29, 0.717) is 18.2 Å². The van der Waals surface area contributed by atoms with E-state index < -0.39 is 0 Å². The molecule has 0 saturated carbocycles. The number of halogens is 2. The van der Waals surface area contributed by atoms with Crippen molar-refractivity contribution in [3.63, 3.8) is 0 Å². The summed E-state index contributed by atoms with van der Waals surface area (Å²) in [5.41, 5.74) is 0.799. The molecule has 0 aliphatic heterocycles. The van der Waals surface area contributed by atoms with E-state index >= 15 is 0 Å². The van der Waals surface area contributed by atoms with E-state index in [2.05, 4.69) is 9.97 Å². The molecular formula is C14H14ClFN2O2. The smallest absolute Gasteiger partial charge is 0.224 e. The Morgan fingerprint density at radius 1 is 1.25 bits per heavy atom. The molecule has 2 aromatic rings. The number of hydrogen-bond acceptors (Lipinski definition) is 4. The molecule has 0 unspecified atom stereocenters. The molecule has 20 heavy (non-hydrogen) atoms. The highest BCUT2D eigenvalue weighted by atomic mass is 35.5. The van der Waals surface area contributed by atoms with Gasteiger partial charge in [-0.3, -0.25) is 0 Å². The SMILES string of the molecule is CCOCc1nc(Cl)cc(Oc2cc(F)ccc2C)n1. The fraction of sp³-hybridized carbons (Fsp3) is 0.286. The molecule has 0 aliphatic rings. The predicted octanol–water partition coefficient (Wildman–Crippen LogP) is 3.91. The number of ether oxygens (including phenoxy) is 2. The van der Waals surface area contributed by atoms with Crippen molar-refractivity contribution in [2.45, 2.75) is 20.5 Å². The largest absolute Gasteiger partial charge is 0.438 e. The molecular weight excluding hydrogens is 283 g/mol. The van der Waals surface area contributed by atoms with Gasteiger partial charge < -0.3 is 9.47 Å². The molecule has 1 heterocycles. The Morgan fingerprint density at radius 2 is 2.05 bits per heavy atom. The Labute approximate surface area is 121 Å². The highest BCUT2D eigenvalue weighted by Gasteiger charge is 2.08. The van der Waals surface area contributed by atoms with Crippen LogP contribution in [0.15, 0.2) is 24.3 Å². The average Bonchev–Trinajstić information content (AvgIpc) is 2.40. The Bertz CT molecular complexity index is 608. The summed E-state index contributed by atoms with van der Waals surface area (Å²) >= 11 is 5.91. The maximum absolute atomic E-state index is 13.2. The predicted molar refractivity (Wildman–Crippen MR) is 73.6 cm³/mol. The van der Waals surface area contributed by atoms with Gasteiger partial charge in [-0.25, -0.2) is 9.37 Å². The molecule has 0 atom stereocenters. The van der Waals surface area contributed by atoms with Gasteiger partial charge in [-0.05, 0) is 25.5 Å². The van der Waals surface area contributed by atoms with E-state index in [1.165, 1.54) is 18.2 Å². The van der Waals surface area contributed by atoms with Gasteiger partial charge in [0, 0.05) is 18.7 Å². The third-order valence-electron chi connectivity index (χ3n) is 2.52. The molecule has 2 rings (SSSR count). The van der Waals surface area contributed by atoms with Crippen molar-refractivity contribution in [2.75, 3.05) is 6.61 Å². The minimum Gasteiger partial charge on any atom is -0.438 e. The van der Waals surface area contributed by atoms with Gasteiger partial charge in [0.1, 0.15) is 23.3 Å². The van der Waals surface area contributed by atoms with E-state index in [1.54, 1.807) is 6.07 Å². The van der Waals surface area contributed by atoms with Crippen LogP contribution in [-0.2, 0) is 11.3 Å². The molecule has 106 valence electrons. The van der Waals surface area contributed by atoms with Crippen LogP contribution in [0.2, 0.25) is 5.15 Å². The third kappa shape index (κ3) is 3.88. The Kier molecular flexibility index (Phi) is 4.87. The average molecular weight is 297 g/mol. The zero-order valence-electron chi connectivity index (χ0n) is 11.2. The first-order valence-electron chi connectivity index (χ1n) is 6.13. The van der Waals surface area contributed by atoms with Crippen LogP contribution in [0.4, 0.5) is 4.39 Å². The molecule has 6 heteroatoms. The van der Waals surface area contributed by atoms with E-state index in [0.717, 1.165) is 5.56 Å². The Balaban J connectivity index is 2.24. The first-order valence-corrected chi connectivity index (χ1v) is 6.51. The number of hydrogen-bond donors (Lipinski definition) is 0. The fourth-order valence-electron chi connectivity index (χ4n) is 1.55. The van der Waals surface area contributed by atoms with Crippen molar-refractivity contribution in [1.29, 1.82) is 0 Å². The lowest BCUT2D eigenvalue weighted by atomic mass is 10.2. The lowest BCUT2D eigenvalue weighted by Crippen LogP contribution is -2.01. The van der Waals surface area contributed by atoms with Crippen LogP contribution in [0, 0.1) is 12.7 Å². The minimum absolute atomic E-state index is 0.246. The topological polar surface area (TPSA) is 44.2 Å². The van der Waals surface area contributed by atoms with Gasteiger partial charge in [-0.1, -0.05) is 17.7 Å². The van der Waals surface area contributed by atoms with Crippen molar-refractivity contribution in [3.05, 3.63) is 46.6 Å². The van der Waals surface area contributed by atoms with E-state index in [1.807, 2.05) is 13.8 Å². The van der Waals surface area contributed by atoms with Crippen LogP contribution >= 0.6 is 11.6 Å². The molecule has 0 bridgehead atoms. The first-order chi connectivity index (χ1) is 9.58. The van der Waals surface area contributed by atoms with Gasteiger partial charge >= 0.3 is 0 Å². The van der Waals surface area contributed by atoms with Crippen molar-refractivity contribution < 1.29 is 13.9 Å². The zero-order valence-corrected chi connectivity index (χ0v) is 11.9. The molecule has 0 N–H and O–H groups in total. The Morgan fingerprint density at radius 3 is 2.80 bits per heavy atom. The maximum Gasteiger partial charge on any atom is 0.224 e. The van der Waals surface area contributed by atoms with Crippen molar-refractivity contribution in [1.82, 2.24) is 9.97 Å². The van der Waals surface area contributed by atoms with Gasteiger partial charge in [-0.15, -0.1) is 0 Å². The summed E-state index contributed by atoms with van der Waals surface area (Å²) in [5.74, 6) is 0.694. The second kappa shape index (κ2) is 6.63. The second-order valence-electron chi connectivity index (χ2n) is 4.09. The summed E-state index contributed by atoms with van der Waals surface area (Å²) in [6.45, 7) is 4.49. The van der Waals surface area contributed by atoms with E-state index in [4.69, 9.17) is 21.1 Å². The Hall–Kier alpha value is -1.72. The molecule has 1 aromatic heterocycles. The summed E-state index contributed by atoms with van der Waals surface area (Å²) < 4.78 is 24.0. The van der Waals surface area contributed by atoms with Gasteiger partial charge in [0.25, 0.3) is 0 Å². The monoisotopic (exact) mass is 296 g/mol. The first kappa shape index (κ1) is 14.7. The summed E-state index contributed by atoms with van der Waals surface area (Å²) in [7, 11) is 0. The highest BCUT2D eigenvalue weighted by molar-refractivity contribution is 6.29. The van der Waals surface area contributed by atoms with Crippen LogP contribution in [0.5, 0.6) is 11.6 Å². The van der Waals surface area contributed by atoms with Gasteiger partial charge in [0.05, 0.1) is 0 Å². The second-order valence-corrected chi connectivity index (χ2v) is 4.48. The van der Waals surface area contributed by atoms with Crippen LogP contribution in [-0.4, -0.2) is 16.6 Å². The molecule has 0 aliphatic carbocycles. The molecule has 0 radical (unpaired) electrons. The molecule has 0 spiro atoms. The number of benzene rings is 1. The number of aromatic nitrogens is 2. The minimum atomic E-state index is -0.375. The van der Waals surface area contributed by atoms with Gasteiger partial charge in [0.2, 0.25) is 5.88 Å². The van der Waals surface area contributed by atoms with Gasteiger partial charge in [0.15, 0.2) is 5.82 Å². The maximum atomic E-state index is 13.2. The summed E-state index contributed by atoms with van der Waals surface area (Å²) in [5, 5.41) is 0.249. The van der Waals surface area contributed by atoms with Crippen molar-refractivity contribution in [2.24, 2.45) is 0 Å². The fourth-order valence-corrected chi connectivity index (χ4v) is 1.74. The summed E-state index contributed by atoms with van der Waals surface area (Å²) in [6, 6.07) is 5.78. The summed E-state index contributed by atoms with van der Waals surface area (Å²) in [6.07, 6.45) is 0. The molecule has 0 saturated heterocycles. The number of rotatable bonds is 5. The normalized spacial score (nSPS) is 10.6. The van der Waals surface area contributed by atoms with Crippen LogP contribution < -0.4 is 4.74 Å². The van der Waals surface area contributed by atoms with Crippen LogP contribution in [0.1, 0.15) is 18.3 Å². The van der Waals surface area contributed by atoms with Gasteiger partial charge in [-0.2, -0.15) is 4.98 Å². The molecule has 4 nitrogen and oxygen atoms in total. The molecule has 0 amide bonds. The number of aryl methyl sites for hydroxylation is 1. The van der Waals surface area contributed by atoms with E-state index in [9.17, 15) is 4.39 Å². The van der Waals surface area contributed by atoms with Crippen molar-refractivity contribution in [3.8, 4) is 11.6 Å². The third-order valence-corrected chi connectivity index (χ3v) is 2.71. The number of nitrogens with zero attached hydrogens (tertiary/aromatic N) is 2. The van der Waals surface area contributed by atoms with Crippen LogP contribution in [0.3, 0.4) is 0 Å². The highest BCUT2D eigenvalue weighted by Crippen LogP contribution is 2.25. The molecule has 1 aromatic carbocycles.